The number of phenols is 1. The van der Waals surface area contributed by atoms with E-state index in [-0.39, 0.29) is 5.75 Å². The van der Waals surface area contributed by atoms with Crippen molar-refractivity contribution < 1.29 is 5.11 Å². The molecule has 1 nitrogen and oxygen atoms in total. The van der Waals surface area contributed by atoms with Crippen molar-refractivity contribution in [1.82, 2.24) is 0 Å². The molecule has 0 amide bonds. The molecular formula is C14H13ClO. The molecule has 1 N–H and O–H groups in total. The van der Waals surface area contributed by atoms with E-state index in [0.717, 1.165) is 17.5 Å². The van der Waals surface area contributed by atoms with Gasteiger partial charge in [-0.2, -0.15) is 0 Å². The fourth-order valence-electron chi connectivity index (χ4n) is 1.62. The van der Waals surface area contributed by atoms with Gasteiger partial charge in [0.25, 0.3) is 0 Å². The third-order valence-corrected chi connectivity index (χ3v) is 2.95. The molecule has 0 radical (unpaired) electrons. The van der Waals surface area contributed by atoms with E-state index < -0.39 is 0 Å². The topological polar surface area (TPSA) is 20.2 Å². The molecule has 82 valence electrons. The van der Waals surface area contributed by atoms with Crippen LogP contribution in [0.1, 0.15) is 12.5 Å². The van der Waals surface area contributed by atoms with Crippen LogP contribution in [-0.2, 0) is 6.42 Å². The molecular weight excluding hydrogens is 220 g/mol. The van der Waals surface area contributed by atoms with Gasteiger partial charge in [-0.3, -0.25) is 0 Å². The number of rotatable bonds is 2. The van der Waals surface area contributed by atoms with E-state index in [0.29, 0.717) is 5.02 Å². The third-order valence-electron chi connectivity index (χ3n) is 2.64. The van der Waals surface area contributed by atoms with Gasteiger partial charge in [0, 0.05) is 0 Å². The average Bonchev–Trinajstić information content (AvgIpc) is 2.33. The minimum absolute atomic E-state index is 0.121. The Hall–Kier alpha value is -1.47. The molecule has 2 heteroatoms. The maximum absolute atomic E-state index is 9.34. The lowest BCUT2D eigenvalue weighted by molar-refractivity contribution is 0.475. The number of aromatic hydroxyl groups is 1. The second kappa shape index (κ2) is 4.58. The molecule has 0 aliphatic heterocycles. The molecule has 0 fully saturated rings. The third kappa shape index (κ3) is 2.20. The molecule has 0 aliphatic carbocycles. The van der Waals surface area contributed by atoms with Gasteiger partial charge in [0.1, 0.15) is 5.75 Å². The van der Waals surface area contributed by atoms with Crippen LogP contribution in [0.3, 0.4) is 0 Å². The highest BCUT2D eigenvalue weighted by atomic mass is 35.5. The smallest absolute Gasteiger partial charge is 0.134 e. The summed E-state index contributed by atoms with van der Waals surface area (Å²) in [4.78, 5) is 0. The molecule has 0 unspecified atom stereocenters. The van der Waals surface area contributed by atoms with Gasteiger partial charge in [0.15, 0.2) is 0 Å². The first-order valence-electron chi connectivity index (χ1n) is 5.28. The molecule has 2 aromatic rings. The summed E-state index contributed by atoms with van der Waals surface area (Å²) in [5.41, 5.74) is 3.44. The van der Waals surface area contributed by atoms with E-state index in [2.05, 4.69) is 31.2 Å². The average molecular weight is 233 g/mol. The highest BCUT2D eigenvalue weighted by Crippen LogP contribution is 2.29. The van der Waals surface area contributed by atoms with E-state index in [1.807, 2.05) is 6.07 Å². The minimum Gasteiger partial charge on any atom is -0.506 e. The van der Waals surface area contributed by atoms with Crippen LogP contribution in [0, 0.1) is 0 Å². The van der Waals surface area contributed by atoms with Crippen LogP contribution in [0.4, 0.5) is 0 Å². The van der Waals surface area contributed by atoms with E-state index in [4.69, 9.17) is 11.6 Å². The monoisotopic (exact) mass is 232 g/mol. The fourth-order valence-corrected chi connectivity index (χ4v) is 1.80. The van der Waals surface area contributed by atoms with Crippen LogP contribution in [0.15, 0.2) is 42.5 Å². The lowest BCUT2D eigenvalue weighted by atomic mass is 10.0. The lowest BCUT2D eigenvalue weighted by Gasteiger charge is -2.04. The molecule has 0 atom stereocenters. The van der Waals surface area contributed by atoms with Crippen LogP contribution in [0.2, 0.25) is 5.02 Å². The molecule has 0 spiro atoms. The second-order valence-corrected chi connectivity index (χ2v) is 4.12. The molecule has 16 heavy (non-hydrogen) atoms. The summed E-state index contributed by atoms with van der Waals surface area (Å²) in [7, 11) is 0. The van der Waals surface area contributed by atoms with E-state index in [1.165, 1.54) is 5.56 Å². The summed E-state index contributed by atoms with van der Waals surface area (Å²) in [6.45, 7) is 2.13. The maximum Gasteiger partial charge on any atom is 0.134 e. The molecule has 0 aromatic heterocycles. The predicted molar refractivity (Wildman–Crippen MR) is 67.9 cm³/mol. The van der Waals surface area contributed by atoms with Crippen LogP contribution in [0.5, 0.6) is 5.75 Å². The zero-order valence-electron chi connectivity index (χ0n) is 9.07. The van der Waals surface area contributed by atoms with Gasteiger partial charge < -0.3 is 5.11 Å². The van der Waals surface area contributed by atoms with Gasteiger partial charge in [0.05, 0.1) is 5.02 Å². The molecule has 0 saturated carbocycles. The van der Waals surface area contributed by atoms with Crippen LogP contribution < -0.4 is 0 Å². The Bertz CT molecular complexity index is 489. The maximum atomic E-state index is 9.34. The summed E-state index contributed by atoms with van der Waals surface area (Å²) in [5, 5.41) is 9.73. The van der Waals surface area contributed by atoms with Crippen LogP contribution in [-0.4, -0.2) is 5.11 Å². The quantitative estimate of drug-likeness (QED) is 0.820. The first kappa shape index (κ1) is 11.0. The summed E-state index contributed by atoms with van der Waals surface area (Å²) in [5.74, 6) is 0.121. The Balaban J connectivity index is 2.38. The minimum atomic E-state index is 0.121. The largest absolute Gasteiger partial charge is 0.506 e. The molecule has 0 aliphatic rings. The van der Waals surface area contributed by atoms with Gasteiger partial charge in [-0.25, -0.2) is 0 Å². The van der Waals surface area contributed by atoms with Gasteiger partial charge >= 0.3 is 0 Å². The Kier molecular flexibility index (Phi) is 3.16. The summed E-state index contributed by atoms with van der Waals surface area (Å²) >= 11 is 5.87. The van der Waals surface area contributed by atoms with Crippen molar-refractivity contribution in [3.05, 3.63) is 53.1 Å². The zero-order valence-corrected chi connectivity index (χ0v) is 9.83. The number of benzene rings is 2. The Morgan fingerprint density at radius 1 is 1.00 bits per heavy atom. The van der Waals surface area contributed by atoms with Crippen molar-refractivity contribution in [2.75, 3.05) is 0 Å². The highest BCUT2D eigenvalue weighted by Gasteiger charge is 2.02. The van der Waals surface area contributed by atoms with E-state index in [1.54, 1.807) is 12.1 Å². The van der Waals surface area contributed by atoms with Crippen LogP contribution in [0.25, 0.3) is 11.1 Å². The van der Waals surface area contributed by atoms with Crippen molar-refractivity contribution in [2.45, 2.75) is 13.3 Å². The van der Waals surface area contributed by atoms with E-state index in [9.17, 15) is 5.11 Å². The van der Waals surface area contributed by atoms with E-state index >= 15 is 0 Å². The molecule has 0 bridgehead atoms. The lowest BCUT2D eigenvalue weighted by Crippen LogP contribution is -1.81. The Morgan fingerprint density at radius 3 is 2.19 bits per heavy atom. The first-order chi connectivity index (χ1) is 7.70. The number of hydrogen-bond acceptors (Lipinski definition) is 1. The normalized spacial score (nSPS) is 10.4. The second-order valence-electron chi connectivity index (χ2n) is 3.72. The Morgan fingerprint density at radius 2 is 1.62 bits per heavy atom. The van der Waals surface area contributed by atoms with Crippen molar-refractivity contribution in [2.24, 2.45) is 0 Å². The molecule has 2 rings (SSSR count). The SMILES string of the molecule is CCc1ccc(-c2ccc(O)c(Cl)c2)cc1. The van der Waals surface area contributed by atoms with Crippen molar-refractivity contribution in [1.29, 1.82) is 0 Å². The van der Waals surface area contributed by atoms with Crippen LogP contribution >= 0.6 is 11.6 Å². The molecule has 2 aromatic carbocycles. The van der Waals surface area contributed by atoms with Gasteiger partial charge in [0.2, 0.25) is 0 Å². The fraction of sp³-hybridized carbons (Fsp3) is 0.143. The summed E-state index contributed by atoms with van der Waals surface area (Å²) in [6, 6.07) is 13.6. The standard InChI is InChI=1S/C14H13ClO/c1-2-10-3-5-11(6-4-10)12-7-8-14(16)13(15)9-12/h3-9,16H,2H2,1H3. The first-order valence-corrected chi connectivity index (χ1v) is 5.66. The Labute approximate surface area is 100 Å². The van der Waals surface area contributed by atoms with Gasteiger partial charge in [-0.15, -0.1) is 0 Å². The number of aryl methyl sites for hydroxylation is 1. The zero-order chi connectivity index (χ0) is 11.5. The number of hydrogen-bond donors (Lipinski definition) is 1. The molecule has 0 heterocycles. The molecule has 0 saturated heterocycles. The summed E-state index contributed by atoms with van der Waals surface area (Å²) in [6.07, 6.45) is 1.04. The number of halogens is 1. The van der Waals surface area contributed by atoms with Gasteiger partial charge in [-0.05, 0) is 35.2 Å². The van der Waals surface area contributed by atoms with Gasteiger partial charge in [-0.1, -0.05) is 48.9 Å². The van der Waals surface area contributed by atoms with Crippen molar-refractivity contribution >= 4 is 11.6 Å². The predicted octanol–water partition coefficient (Wildman–Crippen LogP) is 4.28. The number of phenolic OH excluding ortho intramolecular Hbond substituents is 1. The highest BCUT2D eigenvalue weighted by molar-refractivity contribution is 6.32. The summed E-state index contributed by atoms with van der Waals surface area (Å²) < 4.78 is 0. The van der Waals surface area contributed by atoms with Crippen molar-refractivity contribution in [3.8, 4) is 16.9 Å². The van der Waals surface area contributed by atoms with Crippen molar-refractivity contribution in [3.63, 3.8) is 0 Å².